The lowest BCUT2D eigenvalue weighted by Gasteiger charge is -2.08. The molecule has 0 radical (unpaired) electrons. The standard InChI is InChI=1S/C12H21N3/c1-8(2)6-11(13)7-12-9(3)14-15(5)10(12)4/h6,11H,7,13H2,1-5H3. The van der Waals surface area contributed by atoms with Crippen LogP contribution >= 0.6 is 0 Å². The van der Waals surface area contributed by atoms with Gasteiger partial charge in [0.25, 0.3) is 0 Å². The maximum atomic E-state index is 6.04. The van der Waals surface area contributed by atoms with Gasteiger partial charge in [0.15, 0.2) is 0 Å². The van der Waals surface area contributed by atoms with Crippen molar-refractivity contribution in [2.75, 3.05) is 0 Å². The van der Waals surface area contributed by atoms with E-state index in [9.17, 15) is 0 Å². The fourth-order valence-electron chi connectivity index (χ4n) is 1.84. The molecular formula is C12H21N3. The summed E-state index contributed by atoms with van der Waals surface area (Å²) in [6.45, 7) is 8.27. The number of aromatic nitrogens is 2. The van der Waals surface area contributed by atoms with Gasteiger partial charge in [-0.25, -0.2) is 0 Å². The second-order valence-electron chi connectivity index (χ2n) is 4.38. The van der Waals surface area contributed by atoms with E-state index >= 15 is 0 Å². The first kappa shape index (κ1) is 12.0. The predicted octanol–water partition coefficient (Wildman–Crippen LogP) is 1.87. The summed E-state index contributed by atoms with van der Waals surface area (Å²) in [5.41, 5.74) is 10.9. The highest BCUT2D eigenvalue weighted by Gasteiger charge is 2.11. The quantitative estimate of drug-likeness (QED) is 0.769. The van der Waals surface area contributed by atoms with E-state index in [1.807, 2.05) is 18.7 Å². The molecule has 0 aliphatic carbocycles. The Kier molecular flexibility index (Phi) is 3.69. The number of hydrogen-bond donors (Lipinski definition) is 1. The third kappa shape index (κ3) is 2.93. The highest BCUT2D eigenvalue weighted by molar-refractivity contribution is 5.26. The molecule has 2 N–H and O–H groups in total. The Morgan fingerprint density at radius 2 is 2.07 bits per heavy atom. The van der Waals surface area contributed by atoms with E-state index in [4.69, 9.17) is 5.73 Å². The molecule has 1 rings (SSSR count). The van der Waals surface area contributed by atoms with Gasteiger partial charge in [-0.1, -0.05) is 11.6 Å². The van der Waals surface area contributed by atoms with Crippen LogP contribution in [0.3, 0.4) is 0 Å². The first-order valence-electron chi connectivity index (χ1n) is 5.31. The summed E-state index contributed by atoms with van der Waals surface area (Å²) in [4.78, 5) is 0. The van der Waals surface area contributed by atoms with E-state index in [2.05, 4.69) is 31.9 Å². The molecule has 0 spiro atoms. The SMILES string of the molecule is CC(C)=CC(N)Cc1c(C)nn(C)c1C. The van der Waals surface area contributed by atoms with Crippen LogP contribution in [0.1, 0.15) is 30.8 Å². The van der Waals surface area contributed by atoms with Gasteiger partial charge >= 0.3 is 0 Å². The van der Waals surface area contributed by atoms with Crippen LogP contribution in [0.5, 0.6) is 0 Å². The van der Waals surface area contributed by atoms with Crippen molar-refractivity contribution in [2.24, 2.45) is 12.8 Å². The number of rotatable bonds is 3. The summed E-state index contributed by atoms with van der Waals surface area (Å²) < 4.78 is 1.92. The van der Waals surface area contributed by atoms with Crippen LogP contribution in [0.15, 0.2) is 11.6 Å². The van der Waals surface area contributed by atoms with E-state index in [0.717, 1.165) is 12.1 Å². The lowest BCUT2D eigenvalue weighted by molar-refractivity contribution is 0.727. The molecule has 1 aromatic rings. The molecule has 3 nitrogen and oxygen atoms in total. The van der Waals surface area contributed by atoms with Crippen LogP contribution in [0.4, 0.5) is 0 Å². The van der Waals surface area contributed by atoms with E-state index < -0.39 is 0 Å². The van der Waals surface area contributed by atoms with Crippen LogP contribution in [-0.4, -0.2) is 15.8 Å². The van der Waals surface area contributed by atoms with E-state index in [1.165, 1.54) is 16.8 Å². The molecule has 84 valence electrons. The van der Waals surface area contributed by atoms with Crippen LogP contribution in [-0.2, 0) is 13.5 Å². The Hall–Kier alpha value is -1.09. The molecule has 1 atom stereocenters. The molecule has 0 aromatic carbocycles. The number of nitrogens with zero attached hydrogens (tertiary/aromatic N) is 2. The lowest BCUT2D eigenvalue weighted by atomic mass is 10.0. The summed E-state index contributed by atoms with van der Waals surface area (Å²) in [6, 6.07) is 0.0941. The van der Waals surface area contributed by atoms with Crippen molar-refractivity contribution in [2.45, 2.75) is 40.2 Å². The maximum absolute atomic E-state index is 6.04. The van der Waals surface area contributed by atoms with Crippen molar-refractivity contribution in [1.29, 1.82) is 0 Å². The number of aryl methyl sites for hydroxylation is 2. The summed E-state index contributed by atoms with van der Waals surface area (Å²) >= 11 is 0. The van der Waals surface area contributed by atoms with Crippen LogP contribution in [0, 0.1) is 13.8 Å². The van der Waals surface area contributed by atoms with Gasteiger partial charge < -0.3 is 5.73 Å². The van der Waals surface area contributed by atoms with Crippen LogP contribution in [0.25, 0.3) is 0 Å². The fourth-order valence-corrected chi connectivity index (χ4v) is 1.84. The summed E-state index contributed by atoms with van der Waals surface area (Å²) in [6.07, 6.45) is 2.97. The Balaban J connectivity index is 2.85. The van der Waals surface area contributed by atoms with Crippen molar-refractivity contribution in [1.82, 2.24) is 9.78 Å². The average Bonchev–Trinajstić information content (AvgIpc) is 2.31. The van der Waals surface area contributed by atoms with Crippen molar-refractivity contribution in [3.63, 3.8) is 0 Å². The minimum Gasteiger partial charge on any atom is -0.324 e. The molecular weight excluding hydrogens is 186 g/mol. The maximum Gasteiger partial charge on any atom is 0.0629 e. The second kappa shape index (κ2) is 4.62. The van der Waals surface area contributed by atoms with Crippen molar-refractivity contribution < 1.29 is 0 Å². The Labute approximate surface area is 92.0 Å². The second-order valence-corrected chi connectivity index (χ2v) is 4.38. The molecule has 0 saturated carbocycles. The summed E-state index contributed by atoms with van der Waals surface area (Å²) in [5, 5.41) is 4.38. The zero-order chi connectivity index (χ0) is 11.6. The molecule has 1 unspecified atom stereocenters. The predicted molar refractivity (Wildman–Crippen MR) is 63.8 cm³/mol. The van der Waals surface area contributed by atoms with Crippen molar-refractivity contribution in [3.05, 3.63) is 28.6 Å². The third-order valence-corrected chi connectivity index (χ3v) is 2.65. The van der Waals surface area contributed by atoms with Crippen molar-refractivity contribution in [3.8, 4) is 0 Å². The fraction of sp³-hybridized carbons (Fsp3) is 0.583. The Morgan fingerprint density at radius 3 is 2.47 bits per heavy atom. The zero-order valence-corrected chi connectivity index (χ0v) is 10.3. The Bertz CT molecular complexity index is 370. The normalized spacial score (nSPS) is 12.7. The first-order valence-corrected chi connectivity index (χ1v) is 5.31. The third-order valence-electron chi connectivity index (χ3n) is 2.65. The van der Waals surface area contributed by atoms with Gasteiger partial charge in [0.1, 0.15) is 0 Å². The van der Waals surface area contributed by atoms with Gasteiger partial charge in [-0.2, -0.15) is 5.10 Å². The lowest BCUT2D eigenvalue weighted by Crippen LogP contribution is -2.21. The number of nitrogens with two attached hydrogens (primary N) is 1. The molecule has 15 heavy (non-hydrogen) atoms. The first-order chi connectivity index (χ1) is 6.91. The van der Waals surface area contributed by atoms with Gasteiger partial charge in [-0.15, -0.1) is 0 Å². The van der Waals surface area contributed by atoms with E-state index in [1.54, 1.807) is 0 Å². The smallest absolute Gasteiger partial charge is 0.0629 e. The van der Waals surface area contributed by atoms with E-state index in [-0.39, 0.29) is 6.04 Å². The van der Waals surface area contributed by atoms with Crippen molar-refractivity contribution >= 4 is 0 Å². The molecule has 0 fully saturated rings. The van der Waals surface area contributed by atoms with Gasteiger partial charge in [-0.3, -0.25) is 4.68 Å². The molecule has 0 saturated heterocycles. The molecule has 0 bridgehead atoms. The van der Waals surface area contributed by atoms with E-state index in [0.29, 0.717) is 0 Å². The average molecular weight is 207 g/mol. The highest BCUT2D eigenvalue weighted by atomic mass is 15.3. The van der Waals surface area contributed by atoms with Crippen LogP contribution < -0.4 is 5.73 Å². The summed E-state index contributed by atoms with van der Waals surface area (Å²) in [5.74, 6) is 0. The minimum atomic E-state index is 0.0941. The zero-order valence-electron chi connectivity index (χ0n) is 10.3. The number of hydrogen-bond acceptors (Lipinski definition) is 2. The van der Waals surface area contributed by atoms with Gasteiger partial charge in [0.05, 0.1) is 5.69 Å². The number of allylic oxidation sites excluding steroid dienone is 1. The molecule has 0 aliphatic heterocycles. The Morgan fingerprint density at radius 1 is 1.47 bits per heavy atom. The topological polar surface area (TPSA) is 43.8 Å². The van der Waals surface area contributed by atoms with Crippen LogP contribution in [0.2, 0.25) is 0 Å². The largest absolute Gasteiger partial charge is 0.324 e. The van der Waals surface area contributed by atoms with Gasteiger partial charge in [0, 0.05) is 18.8 Å². The molecule has 1 aromatic heterocycles. The molecule has 1 heterocycles. The highest BCUT2D eigenvalue weighted by Crippen LogP contribution is 2.14. The molecule has 0 amide bonds. The van der Waals surface area contributed by atoms with Gasteiger partial charge in [-0.05, 0) is 39.7 Å². The monoisotopic (exact) mass is 207 g/mol. The van der Waals surface area contributed by atoms with Gasteiger partial charge in [0.2, 0.25) is 0 Å². The summed E-state index contributed by atoms with van der Waals surface area (Å²) in [7, 11) is 1.97. The minimum absolute atomic E-state index is 0.0941. The molecule has 0 aliphatic rings. The molecule has 3 heteroatoms.